The maximum absolute atomic E-state index is 6.06. The molecule has 3 N–H and O–H groups in total. The summed E-state index contributed by atoms with van der Waals surface area (Å²) in [6.45, 7) is 0.692. The third-order valence-corrected chi connectivity index (χ3v) is 4.46. The molecule has 128 valence electrons. The molecule has 0 bridgehead atoms. The lowest BCUT2D eigenvalue weighted by Gasteiger charge is -2.06. The zero-order chi connectivity index (χ0) is 17.6. The van der Waals surface area contributed by atoms with E-state index in [1.54, 1.807) is 12.4 Å². The van der Waals surface area contributed by atoms with Crippen LogP contribution in [0.3, 0.4) is 0 Å². The van der Waals surface area contributed by atoms with Crippen LogP contribution in [0.25, 0.3) is 10.9 Å². The Balaban J connectivity index is 1.47. The molecule has 0 atom stereocenters. The van der Waals surface area contributed by atoms with E-state index in [-0.39, 0.29) is 0 Å². The molecule has 0 amide bonds. The van der Waals surface area contributed by atoms with Crippen LogP contribution in [0.2, 0.25) is 5.02 Å². The van der Waals surface area contributed by atoms with Gasteiger partial charge in [0.15, 0.2) is 5.11 Å². The number of halogens is 2. The number of aromatic nitrogens is 2. The first-order valence-electron chi connectivity index (χ1n) is 7.56. The quantitative estimate of drug-likeness (QED) is 0.321. The van der Waals surface area contributed by atoms with Gasteiger partial charge in [-0.1, -0.05) is 11.6 Å². The average molecular weight is 437 g/mol. The monoisotopic (exact) mass is 435 g/mol. The number of fused-ring (bicyclic) bond motifs is 1. The lowest BCUT2D eigenvalue weighted by molar-refractivity contribution is 0.841. The number of H-pyrrole nitrogens is 1. The van der Waals surface area contributed by atoms with E-state index >= 15 is 0 Å². The maximum Gasteiger partial charge on any atom is 0.186 e. The van der Waals surface area contributed by atoms with Crippen molar-refractivity contribution in [2.24, 2.45) is 5.10 Å². The fourth-order valence-electron chi connectivity index (χ4n) is 2.33. The van der Waals surface area contributed by atoms with E-state index in [4.69, 9.17) is 23.8 Å². The Bertz CT molecular complexity index is 907. The van der Waals surface area contributed by atoms with Crippen LogP contribution in [0.4, 0.5) is 0 Å². The van der Waals surface area contributed by atoms with Crippen LogP contribution in [0.15, 0.2) is 52.3 Å². The smallest absolute Gasteiger partial charge is 0.186 e. The van der Waals surface area contributed by atoms with Crippen LogP contribution in [0.1, 0.15) is 11.3 Å². The van der Waals surface area contributed by atoms with Gasteiger partial charge in [0.1, 0.15) is 0 Å². The number of nitrogens with zero attached hydrogens (tertiary/aromatic N) is 2. The Kier molecular flexibility index (Phi) is 6.01. The molecule has 5 nitrogen and oxygen atoms in total. The first kappa shape index (κ1) is 17.8. The summed E-state index contributed by atoms with van der Waals surface area (Å²) in [4.78, 5) is 7.43. The summed E-state index contributed by atoms with van der Waals surface area (Å²) in [5.74, 6) is 0. The number of hydrogen-bond donors (Lipinski definition) is 3. The fourth-order valence-corrected chi connectivity index (χ4v) is 2.89. The Hall–Kier alpha value is -1.96. The van der Waals surface area contributed by atoms with E-state index in [1.807, 2.05) is 36.5 Å². The number of nitrogens with one attached hydrogen (secondary N) is 3. The van der Waals surface area contributed by atoms with E-state index in [0.717, 1.165) is 32.5 Å². The van der Waals surface area contributed by atoms with Crippen LogP contribution < -0.4 is 10.7 Å². The molecule has 0 saturated heterocycles. The van der Waals surface area contributed by atoms with Crippen LogP contribution in [0, 0.1) is 0 Å². The van der Waals surface area contributed by atoms with Gasteiger partial charge in [0.05, 0.1) is 11.9 Å². The highest BCUT2D eigenvalue weighted by Gasteiger charge is 2.04. The molecule has 3 rings (SSSR count). The molecule has 25 heavy (non-hydrogen) atoms. The van der Waals surface area contributed by atoms with Crippen LogP contribution >= 0.6 is 39.7 Å². The number of benzene rings is 1. The molecule has 0 aliphatic carbocycles. The molecule has 0 aliphatic rings. The van der Waals surface area contributed by atoms with Crippen molar-refractivity contribution in [3.63, 3.8) is 0 Å². The van der Waals surface area contributed by atoms with Crippen molar-refractivity contribution >= 4 is 62.0 Å². The van der Waals surface area contributed by atoms with Crippen molar-refractivity contribution in [3.8, 4) is 0 Å². The number of hydrazone groups is 1. The number of thiocarbonyl (C=S) groups is 1. The van der Waals surface area contributed by atoms with Crippen molar-refractivity contribution in [1.29, 1.82) is 0 Å². The SMILES string of the molecule is S=C(NCCc1c[nH]c2ccc(Cl)cc12)N/N=C/c1ccc(Br)cn1. The predicted molar refractivity (Wildman–Crippen MR) is 110 cm³/mol. The van der Waals surface area contributed by atoms with E-state index in [1.165, 1.54) is 5.56 Å². The number of pyridine rings is 1. The van der Waals surface area contributed by atoms with Gasteiger partial charge in [-0.25, -0.2) is 0 Å². The van der Waals surface area contributed by atoms with Gasteiger partial charge in [-0.2, -0.15) is 5.10 Å². The lowest BCUT2D eigenvalue weighted by Crippen LogP contribution is -2.33. The molecule has 0 radical (unpaired) electrons. The van der Waals surface area contributed by atoms with E-state index in [0.29, 0.717) is 11.7 Å². The molecule has 0 fully saturated rings. The first-order chi connectivity index (χ1) is 12.1. The zero-order valence-electron chi connectivity index (χ0n) is 13.1. The number of hydrogen-bond acceptors (Lipinski definition) is 3. The second-order valence-corrected chi connectivity index (χ2v) is 7.04. The van der Waals surface area contributed by atoms with Gasteiger partial charge in [-0.15, -0.1) is 0 Å². The summed E-state index contributed by atoms with van der Waals surface area (Å²) >= 11 is 14.6. The summed E-state index contributed by atoms with van der Waals surface area (Å²) in [7, 11) is 0. The van der Waals surface area contributed by atoms with E-state index < -0.39 is 0 Å². The molecule has 8 heteroatoms. The molecule has 0 unspecified atom stereocenters. The molecule has 3 aromatic rings. The van der Waals surface area contributed by atoms with Gasteiger partial charge in [-0.05, 0) is 70.5 Å². The number of aromatic amines is 1. The Morgan fingerprint density at radius 1 is 1.36 bits per heavy atom. The molecule has 2 aromatic heterocycles. The predicted octanol–water partition coefficient (Wildman–Crippen LogP) is 4.02. The minimum absolute atomic E-state index is 0.464. The summed E-state index contributed by atoms with van der Waals surface area (Å²) in [6.07, 6.45) is 6.14. The normalized spacial score (nSPS) is 11.1. The summed E-state index contributed by atoms with van der Waals surface area (Å²) in [5.41, 5.74) is 5.79. The highest BCUT2D eigenvalue weighted by atomic mass is 79.9. The highest BCUT2D eigenvalue weighted by Crippen LogP contribution is 2.22. The highest BCUT2D eigenvalue weighted by molar-refractivity contribution is 9.10. The minimum Gasteiger partial charge on any atom is -0.361 e. The Labute approximate surface area is 164 Å². The third-order valence-electron chi connectivity index (χ3n) is 3.52. The van der Waals surface area contributed by atoms with Crippen molar-refractivity contribution in [2.45, 2.75) is 6.42 Å². The molecule has 1 aromatic carbocycles. The van der Waals surface area contributed by atoms with Crippen LogP contribution in [-0.2, 0) is 6.42 Å². The first-order valence-corrected chi connectivity index (χ1v) is 9.14. The largest absolute Gasteiger partial charge is 0.361 e. The van der Waals surface area contributed by atoms with Gasteiger partial charge >= 0.3 is 0 Å². The number of rotatable bonds is 5. The van der Waals surface area contributed by atoms with Gasteiger partial charge < -0.3 is 10.3 Å². The molecular formula is C17H15BrClN5S. The second-order valence-electron chi connectivity index (χ2n) is 5.28. The molecular weight excluding hydrogens is 422 g/mol. The fraction of sp³-hybridized carbons (Fsp3) is 0.118. The van der Waals surface area contributed by atoms with Gasteiger partial charge in [-0.3, -0.25) is 10.4 Å². The second kappa shape index (κ2) is 8.42. The van der Waals surface area contributed by atoms with Crippen LogP contribution in [0.5, 0.6) is 0 Å². The van der Waals surface area contributed by atoms with Crippen molar-refractivity contribution in [2.75, 3.05) is 6.54 Å². The van der Waals surface area contributed by atoms with E-state index in [2.05, 4.69) is 41.7 Å². The van der Waals surface area contributed by atoms with Crippen molar-refractivity contribution in [1.82, 2.24) is 20.7 Å². The molecule has 0 aliphatic heterocycles. The lowest BCUT2D eigenvalue weighted by atomic mass is 10.1. The Morgan fingerprint density at radius 2 is 2.24 bits per heavy atom. The zero-order valence-corrected chi connectivity index (χ0v) is 16.3. The van der Waals surface area contributed by atoms with Crippen molar-refractivity contribution in [3.05, 3.63) is 63.5 Å². The standard InChI is InChI=1S/C17H15BrClN5S/c18-12-1-3-14(21-9-12)10-23-24-17(25)20-6-5-11-8-22-16-4-2-13(19)7-15(11)16/h1-4,7-10,22H,5-6H2,(H2,20,24,25)/b23-10+. The van der Waals surface area contributed by atoms with Crippen molar-refractivity contribution < 1.29 is 0 Å². The topological polar surface area (TPSA) is 65.1 Å². The summed E-state index contributed by atoms with van der Waals surface area (Å²) in [5, 5.41) is 9.52. The molecule has 0 saturated carbocycles. The molecule has 2 heterocycles. The Morgan fingerprint density at radius 3 is 3.04 bits per heavy atom. The average Bonchev–Trinajstić information content (AvgIpc) is 2.99. The molecule has 0 spiro atoms. The van der Waals surface area contributed by atoms with Gasteiger partial charge in [0.2, 0.25) is 0 Å². The third kappa shape index (κ3) is 5.01. The summed E-state index contributed by atoms with van der Waals surface area (Å²) < 4.78 is 0.924. The summed E-state index contributed by atoms with van der Waals surface area (Å²) in [6, 6.07) is 9.58. The van der Waals surface area contributed by atoms with Gasteiger partial charge in [0.25, 0.3) is 0 Å². The van der Waals surface area contributed by atoms with Gasteiger partial charge in [0, 0.05) is 39.3 Å². The van der Waals surface area contributed by atoms with E-state index in [9.17, 15) is 0 Å². The van der Waals surface area contributed by atoms with Crippen LogP contribution in [-0.4, -0.2) is 27.8 Å². The minimum atomic E-state index is 0.464. The maximum atomic E-state index is 6.06.